The molecule has 0 aromatic heterocycles. The number of aliphatic hydroxyl groups excluding tert-OH is 5. The van der Waals surface area contributed by atoms with Crippen molar-refractivity contribution in [3.8, 4) is 0 Å². The van der Waals surface area contributed by atoms with Crippen LogP contribution < -0.4 is 0 Å². The molecule has 0 spiro atoms. The molecular formula is C14H27NO11S3. The van der Waals surface area contributed by atoms with Gasteiger partial charge in [-0.1, -0.05) is 16.9 Å². The lowest BCUT2D eigenvalue weighted by Gasteiger charge is -2.39. The molecule has 1 heterocycles. The predicted molar refractivity (Wildman–Crippen MR) is 105 cm³/mol. The first-order valence-electron chi connectivity index (χ1n) is 8.62. The second-order valence-electron chi connectivity index (χ2n) is 6.41. The number of thioether (sulfide) groups is 1. The smallest absolute Gasteiger partial charge is 0.394 e. The number of aliphatic hydroxyl groups is 5. The van der Waals surface area contributed by atoms with Gasteiger partial charge >= 0.3 is 10.4 Å². The van der Waals surface area contributed by atoms with E-state index >= 15 is 0 Å². The van der Waals surface area contributed by atoms with E-state index < -0.39 is 63.8 Å². The zero-order chi connectivity index (χ0) is 22.2. The van der Waals surface area contributed by atoms with Crippen molar-refractivity contribution in [1.82, 2.24) is 0 Å². The van der Waals surface area contributed by atoms with Crippen LogP contribution in [-0.4, -0.2) is 102 Å². The highest BCUT2D eigenvalue weighted by Gasteiger charge is 2.44. The molecule has 1 rings (SSSR count). The summed E-state index contributed by atoms with van der Waals surface area (Å²) in [6.45, 7) is -0.645. The fraction of sp³-hybridized carbons (Fsp3) is 0.929. The van der Waals surface area contributed by atoms with Crippen LogP contribution in [0.5, 0.6) is 0 Å². The topological polar surface area (TPSA) is 203 Å². The van der Waals surface area contributed by atoms with Crippen LogP contribution in [0.2, 0.25) is 0 Å². The molecule has 7 unspecified atom stereocenters. The highest BCUT2D eigenvalue weighted by atomic mass is 32.3. The molecule has 0 saturated carbocycles. The summed E-state index contributed by atoms with van der Waals surface area (Å²) < 4.78 is 50.6. The monoisotopic (exact) mass is 481 g/mol. The third-order valence-electron chi connectivity index (χ3n) is 3.99. The lowest BCUT2D eigenvalue weighted by Crippen LogP contribution is -2.57. The van der Waals surface area contributed by atoms with Crippen LogP contribution >= 0.6 is 11.8 Å². The minimum Gasteiger partial charge on any atom is -0.394 e. The Hall–Kier alpha value is -0.360. The highest BCUT2D eigenvalue weighted by molar-refractivity contribution is 8.14. The second kappa shape index (κ2) is 12.5. The van der Waals surface area contributed by atoms with Crippen molar-refractivity contribution in [3.05, 3.63) is 0 Å². The van der Waals surface area contributed by atoms with Gasteiger partial charge in [0.1, 0.15) is 34.9 Å². The number of oxime groups is 1. The summed E-state index contributed by atoms with van der Waals surface area (Å²) >= 11 is 0.645. The molecule has 0 aliphatic carbocycles. The Balaban J connectivity index is 2.78. The van der Waals surface area contributed by atoms with E-state index in [0.717, 1.165) is 0 Å². The molecule has 1 fully saturated rings. The molecule has 29 heavy (non-hydrogen) atoms. The van der Waals surface area contributed by atoms with Gasteiger partial charge in [-0.3, -0.25) is 8.76 Å². The van der Waals surface area contributed by atoms with Crippen LogP contribution in [0.25, 0.3) is 0 Å². The van der Waals surface area contributed by atoms with Crippen LogP contribution in [0.15, 0.2) is 5.16 Å². The predicted octanol–water partition coefficient (Wildman–Crippen LogP) is -2.05. The number of ether oxygens (including phenoxy) is 1. The maximum atomic E-state index is 11.0. The summed E-state index contributed by atoms with van der Waals surface area (Å²) in [6.07, 6.45) is -4.32. The maximum absolute atomic E-state index is 11.0. The maximum Gasteiger partial charge on any atom is 0.466 e. The molecular weight excluding hydrogens is 454 g/mol. The minimum absolute atomic E-state index is 0.0361. The lowest BCUT2D eigenvalue weighted by molar-refractivity contribution is -0.205. The van der Waals surface area contributed by atoms with Gasteiger partial charge in [-0.25, -0.2) is 4.28 Å². The van der Waals surface area contributed by atoms with Gasteiger partial charge in [0.25, 0.3) is 0 Å². The van der Waals surface area contributed by atoms with Gasteiger partial charge in [0.15, 0.2) is 0 Å². The van der Waals surface area contributed by atoms with E-state index in [1.807, 2.05) is 0 Å². The average molecular weight is 482 g/mol. The van der Waals surface area contributed by atoms with E-state index in [4.69, 9.17) is 9.29 Å². The average Bonchev–Trinajstić information content (AvgIpc) is 2.63. The van der Waals surface area contributed by atoms with E-state index in [9.17, 15) is 38.2 Å². The van der Waals surface area contributed by atoms with Gasteiger partial charge in [-0.15, -0.1) is 0 Å². The van der Waals surface area contributed by atoms with Crippen molar-refractivity contribution in [2.24, 2.45) is 5.16 Å². The fourth-order valence-corrected chi connectivity index (χ4v) is 4.36. The fourth-order valence-electron chi connectivity index (χ4n) is 2.47. The van der Waals surface area contributed by atoms with E-state index in [-0.39, 0.29) is 17.9 Å². The van der Waals surface area contributed by atoms with Crippen molar-refractivity contribution in [3.63, 3.8) is 0 Å². The summed E-state index contributed by atoms with van der Waals surface area (Å²) in [5.41, 5.74) is -1.24. The van der Waals surface area contributed by atoms with Crippen LogP contribution in [0.1, 0.15) is 25.7 Å². The molecule has 1 saturated heterocycles. The Morgan fingerprint density at radius 3 is 2.45 bits per heavy atom. The van der Waals surface area contributed by atoms with Crippen molar-refractivity contribution in [2.75, 3.05) is 18.6 Å². The van der Waals surface area contributed by atoms with E-state index in [1.54, 1.807) is 6.26 Å². The number of nitrogens with zero attached hydrogens (tertiary/aromatic N) is 1. The Morgan fingerprint density at radius 2 is 1.90 bits per heavy atom. The van der Waals surface area contributed by atoms with Crippen molar-refractivity contribution in [2.45, 2.75) is 61.6 Å². The summed E-state index contributed by atoms with van der Waals surface area (Å²) in [6, 6.07) is 0. The Labute approximate surface area is 175 Å². The van der Waals surface area contributed by atoms with Crippen molar-refractivity contribution in [1.29, 1.82) is 0 Å². The molecule has 172 valence electrons. The van der Waals surface area contributed by atoms with Gasteiger partial charge in [-0.05, 0) is 19.3 Å². The number of hydrogen-bond acceptors (Lipinski definition) is 12. The molecule has 15 heteroatoms. The SMILES string of the molecule is CS(=O)CCCC(O)CCC(=NOS(=O)(=O)O)SC1OC(CO)C(O)C(O)C1O. The zero-order valence-electron chi connectivity index (χ0n) is 15.6. The van der Waals surface area contributed by atoms with Crippen molar-refractivity contribution >= 4 is 38.0 Å². The normalized spacial score (nSPS) is 30.7. The van der Waals surface area contributed by atoms with Gasteiger partial charge in [0.2, 0.25) is 0 Å². The summed E-state index contributed by atoms with van der Waals surface area (Å²) in [5.74, 6) is 0.420. The van der Waals surface area contributed by atoms with Gasteiger partial charge < -0.3 is 30.3 Å². The molecule has 1 aliphatic rings. The Bertz CT molecular complexity index is 657. The van der Waals surface area contributed by atoms with Crippen molar-refractivity contribution < 1.29 is 51.7 Å². The standard InChI is InChI=1S/C14H27NO11S3/c1-28(21)6-2-3-8(17)4-5-10(15-26-29(22,23)24)27-14-13(20)12(19)11(18)9(7-16)25-14/h8-9,11-14,16-20H,2-7H2,1H3,(H,22,23,24). The van der Waals surface area contributed by atoms with Gasteiger partial charge in [-0.2, -0.15) is 8.42 Å². The van der Waals surface area contributed by atoms with Crippen LogP contribution in [0.4, 0.5) is 0 Å². The largest absolute Gasteiger partial charge is 0.466 e. The number of rotatable bonds is 11. The molecule has 0 bridgehead atoms. The molecule has 7 atom stereocenters. The lowest BCUT2D eigenvalue weighted by atomic mass is 10.0. The molecule has 0 amide bonds. The van der Waals surface area contributed by atoms with Gasteiger partial charge in [0, 0.05) is 29.2 Å². The molecule has 0 aromatic rings. The van der Waals surface area contributed by atoms with E-state index in [2.05, 4.69) is 9.44 Å². The van der Waals surface area contributed by atoms with Gasteiger partial charge in [0.05, 0.1) is 12.7 Å². The van der Waals surface area contributed by atoms with Crippen LogP contribution in [0, 0.1) is 0 Å². The third kappa shape index (κ3) is 9.99. The molecule has 0 aromatic carbocycles. The first-order valence-corrected chi connectivity index (χ1v) is 12.6. The Kier molecular flexibility index (Phi) is 11.5. The minimum atomic E-state index is -4.90. The van der Waals surface area contributed by atoms with E-state index in [0.29, 0.717) is 30.4 Å². The summed E-state index contributed by atoms with van der Waals surface area (Å²) in [5, 5.41) is 52.1. The summed E-state index contributed by atoms with van der Waals surface area (Å²) in [4.78, 5) is 0. The van der Waals surface area contributed by atoms with Crippen LogP contribution in [-0.2, 0) is 30.2 Å². The van der Waals surface area contributed by atoms with Crippen LogP contribution in [0.3, 0.4) is 0 Å². The Morgan fingerprint density at radius 1 is 1.24 bits per heavy atom. The second-order valence-corrected chi connectivity index (χ2v) is 10.1. The third-order valence-corrected chi connectivity index (χ3v) is 6.29. The zero-order valence-corrected chi connectivity index (χ0v) is 18.1. The first-order chi connectivity index (χ1) is 13.4. The quantitative estimate of drug-likeness (QED) is 0.0817. The van der Waals surface area contributed by atoms with E-state index in [1.165, 1.54) is 0 Å². The molecule has 0 radical (unpaired) electrons. The first kappa shape index (κ1) is 26.7. The highest BCUT2D eigenvalue weighted by Crippen LogP contribution is 2.30. The summed E-state index contributed by atoms with van der Waals surface area (Å²) in [7, 11) is -5.89. The molecule has 6 N–H and O–H groups in total. The number of hydrogen-bond donors (Lipinski definition) is 6. The molecule has 12 nitrogen and oxygen atoms in total. The molecule has 1 aliphatic heterocycles.